The van der Waals surface area contributed by atoms with Gasteiger partial charge in [0, 0.05) is 26.2 Å². The fourth-order valence-corrected chi connectivity index (χ4v) is 3.33. The van der Waals surface area contributed by atoms with Crippen LogP contribution >= 0.6 is 11.3 Å². The molecule has 1 aliphatic rings. The predicted molar refractivity (Wildman–Crippen MR) is 78.6 cm³/mol. The largest absolute Gasteiger partial charge is 0.382 e. The molecule has 6 nitrogen and oxygen atoms in total. The Balaban J connectivity index is 2.14. The van der Waals surface area contributed by atoms with Crippen molar-refractivity contribution in [1.82, 2.24) is 14.8 Å². The van der Waals surface area contributed by atoms with E-state index in [1.165, 1.54) is 11.3 Å². The van der Waals surface area contributed by atoms with Crippen LogP contribution in [-0.4, -0.2) is 61.0 Å². The van der Waals surface area contributed by atoms with Crippen molar-refractivity contribution in [3.63, 3.8) is 0 Å². The van der Waals surface area contributed by atoms with Crippen LogP contribution in [0.25, 0.3) is 0 Å². The Labute approximate surface area is 117 Å². The maximum Gasteiger partial charge on any atom is 0.267 e. The van der Waals surface area contributed by atoms with Crippen LogP contribution in [0.15, 0.2) is 0 Å². The van der Waals surface area contributed by atoms with Gasteiger partial charge in [-0.2, -0.15) is 0 Å². The lowest BCUT2D eigenvalue weighted by atomic mass is 10.1. The highest BCUT2D eigenvalue weighted by molar-refractivity contribution is 7.18. The van der Waals surface area contributed by atoms with Crippen LogP contribution in [0.3, 0.4) is 0 Å². The number of hydrogen-bond donors (Lipinski definition) is 2. The minimum atomic E-state index is -0.00676. The third-order valence-electron chi connectivity index (χ3n) is 3.58. The van der Waals surface area contributed by atoms with Crippen LogP contribution in [-0.2, 0) is 0 Å². The SMILES string of the molecule is CNc1nc(N)c(C(=O)N2CC(C)C(N(C)C)C2)s1. The van der Waals surface area contributed by atoms with Gasteiger partial charge >= 0.3 is 0 Å². The van der Waals surface area contributed by atoms with Gasteiger partial charge in [0.15, 0.2) is 5.13 Å². The molecular weight excluding hydrogens is 262 g/mol. The number of aromatic nitrogens is 1. The maximum atomic E-state index is 12.5. The van der Waals surface area contributed by atoms with Crippen molar-refractivity contribution in [3.8, 4) is 0 Å². The number of likely N-dealkylation sites (N-methyl/N-ethyl adjacent to an activating group) is 1. The predicted octanol–water partition coefficient (Wildman–Crippen LogP) is 0.789. The van der Waals surface area contributed by atoms with Gasteiger partial charge < -0.3 is 20.9 Å². The lowest BCUT2D eigenvalue weighted by Crippen LogP contribution is -2.35. The summed E-state index contributed by atoms with van der Waals surface area (Å²) in [4.78, 5) is 21.2. The van der Waals surface area contributed by atoms with Crippen LogP contribution in [0.4, 0.5) is 10.9 Å². The second kappa shape index (κ2) is 5.34. The van der Waals surface area contributed by atoms with Crippen LogP contribution in [0.1, 0.15) is 16.6 Å². The van der Waals surface area contributed by atoms with Gasteiger partial charge in [0.25, 0.3) is 5.91 Å². The zero-order valence-electron chi connectivity index (χ0n) is 11.8. The van der Waals surface area contributed by atoms with Crippen molar-refractivity contribution in [2.45, 2.75) is 13.0 Å². The Morgan fingerprint density at radius 1 is 1.53 bits per heavy atom. The molecule has 2 unspecified atom stereocenters. The lowest BCUT2D eigenvalue weighted by molar-refractivity contribution is 0.0787. The first-order chi connectivity index (χ1) is 8.93. The Kier molecular flexibility index (Phi) is 3.96. The minimum Gasteiger partial charge on any atom is -0.382 e. The van der Waals surface area contributed by atoms with Gasteiger partial charge in [-0.15, -0.1) is 0 Å². The minimum absolute atomic E-state index is 0.00676. The number of nitrogens with two attached hydrogens (primary N) is 1. The van der Waals surface area contributed by atoms with E-state index in [0.29, 0.717) is 27.8 Å². The molecule has 1 amide bonds. The van der Waals surface area contributed by atoms with Crippen LogP contribution in [0.2, 0.25) is 0 Å². The molecule has 1 aromatic heterocycles. The molecule has 0 aliphatic carbocycles. The number of nitrogen functional groups attached to an aromatic ring is 1. The fourth-order valence-electron chi connectivity index (χ4n) is 2.52. The van der Waals surface area contributed by atoms with E-state index in [9.17, 15) is 4.79 Å². The summed E-state index contributed by atoms with van der Waals surface area (Å²) < 4.78 is 0. The molecule has 2 atom stereocenters. The number of thiazole rings is 1. The van der Waals surface area contributed by atoms with E-state index in [0.717, 1.165) is 13.1 Å². The molecule has 0 radical (unpaired) electrons. The van der Waals surface area contributed by atoms with E-state index in [2.05, 4.69) is 36.2 Å². The van der Waals surface area contributed by atoms with Crippen LogP contribution in [0.5, 0.6) is 0 Å². The monoisotopic (exact) mass is 283 g/mol. The second-order valence-corrected chi connectivity index (χ2v) is 6.20. The number of nitrogens with one attached hydrogen (secondary N) is 1. The Hall–Kier alpha value is -1.34. The average molecular weight is 283 g/mol. The number of rotatable bonds is 3. The van der Waals surface area contributed by atoms with Crippen LogP contribution < -0.4 is 11.1 Å². The molecule has 0 bridgehead atoms. The summed E-state index contributed by atoms with van der Waals surface area (Å²) in [5, 5.41) is 3.60. The summed E-state index contributed by atoms with van der Waals surface area (Å²) in [5.74, 6) is 0.782. The van der Waals surface area contributed by atoms with Crippen molar-refractivity contribution < 1.29 is 4.79 Å². The third kappa shape index (κ3) is 2.66. The van der Waals surface area contributed by atoms with Crippen LogP contribution in [0, 0.1) is 5.92 Å². The lowest BCUT2D eigenvalue weighted by Gasteiger charge is -2.22. The Morgan fingerprint density at radius 2 is 2.21 bits per heavy atom. The number of nitrogens with zero attached hydrogens (tertiary/aromatic N) is 3. The number of carbonyl (C=O) groups is 1. The highest BCUT2D eigenvalue weighted by Gasteiger charge is 2.35. The molecule has 1 aliphatic heterocycles. The summed E-state index contributed by atoms with van der Waals surface area (Å²) in [7, 11) is 5.87. The normalized spacial score (nSPS) is 23.1. The number of hydrogen-bond acceptors (Lipinski definition) is 6. The summed E-state index contributed by atoms with van der Waals surface area (Å²) in [5.41, 5.74) is 5.82. The van der Waals surface area contributed by atoms with E-state index in [4.69, 9.17) is 5.73 Å². The summed E-state index contributed by atoms with van der Waals surface area (Å²) in [6, 6.07) is 0.405. The standard InChI is InChI=1S/C12H21N5OS/c1-7-5-17(6-8(7)16(3)4)11(18)9-10(13)15-12(14-2)19-9/h7-8H,5-6,13H2,1-4H3,(H,14,15). The first-order valence-corrected chi connectivity index (χ1v) is 7.15. The molecule has 7 heteroatoms. The molecule has 2 heterocycles. The van der Waals surface area contributed by atoms with E-state index >= 15 is 0 Å². The smallest absolute Gasteiger partial charge is 0.267 e. The van der Waals surface area contributed by atoms with E-state index in [1.54, 1.807) is 7.05 Å². The summed E-state index contributed by atoms with van der Waals surface area (Å²) in [6.07, 6.45) is 0. The van der Waals surface area contributed by atoms with Gasteiger partial charge in [-0.05, 0) is 20.0 Å². The second-order valence-electron chi connectivity index (χ2n) is 5.20. The van der Waals surface area contributed by atoms with Crippen molar-refractivity contribution >= 4 is 28.2 Å². The highest BCUT2D eigenvalue weighted by atomic mass is 32.1. The zero-order chi connectivity index (χ0) is 14.2. The number of anilines is 2. The third-order valence-corrected chi connectivity index (χ3v) is 4.66. The molecule has 0 saturated carbocycles. The molecule has 106 valence electrons. The average Bonchev–Trinajstić information content (AvgIpc) is 2.91. The highest BCUT2D eigenvalue weighted by Crippen LogP contribution is 2.29. The Morgan fingerprint density at radius 3 is 2.68 bits per heavy atom. The Bertz CT molecular complexity index is 473. The maximum absolute atomic E-state index is 12.5. The first kappa shape index (κ1) is 14.1. The quantitative estimate of drug-likeness (QED) is 0.858. The van der Waals surface area contributed by atoms with E-state index < -0.39 is 0 Å². The van der Waals surface area contributed by atoms with E-state index in [1.807, 2.05) is 4.90 Å². The van der Waals surface area contributed by atoms with Crippen molar-refractivity contribution in [2.24, 2.45) is 5.92 Å². The molecular formula is C12H21N5OS. The van der Waals surface area contributed by atoms with Gasteiger partial charge in [-0.25, -0.2) is 4.98 Å². The number of carbonyl (C=O) groups excluding carboxylic acids is 1. The van der Waals surface area contributed by atoms with Crippen molar-refractivity contribution in [1.29, 1.82) is 0 Å². The topological polar surface area (TPSA) is 74.5 Å². The van der Waals surface area contributed by atoms with Gasteiger partial charge in [0.1, 0.15) is 10.7 Å². The first-order valence-electron chi connectivity index (χ1n) is 6.33. The molecule has 1 fully saturated rings. The molecule has 2 rings (SSSR count). The molecule has 0 aromatic carbocycles. The van der Waals surface area contributed by atoms with E-state index in [-0.39, 0.29) is 5.91 Å². The van der Waals surface area contributed by atoms with Crippen molar-refractivity contribution in [2.75, 3.05) is 45.3 Å². The summed E-state index contributed by atoms with van der Waals surface area (Å²) in [6.45, 7) is 3.69. The zero-order valence-corrected chi connectivity index (χ0v) is 12.6. The van der Waals surface area contributed by atoms with Gasteiger partial charge in [0.2, 0.25) is 0 Å². The fraction of sp³-hybridized carbons (Fsp3) is 0.667. The molecule has 0 spiro atoms. The molecule has 19 heavy (non-hydrogen) atoms. The number of likely N-dealkylation sites (tertiary alicyclic amines) is 1. The van der Waals surface area contributed by atoms with Gasteiger partial charge in [-0.1, -0.05) is 18.3 Å². The molecule has 1 aromatic rings. The summed E-state index contributed by atoms with van der Waals surface area (Å²) >= 11 is 1.31. The number of amides is 1. The van der Waals surface area contributed by atoms with Crippen molar-refractivity contribution in [3.05, 3.63) is 4.88 Å². The molecule has 3 N–H and O–H groups in total. The molecule has 1 saturated heterocycles. The van der Waals surface area contributed by atoms with Gasteiger partial charge in [0.05, 0.1) is 0 Å². The van der Waals surface area contributed by atoms with Gasteiger partial charge in [-0.3, -0.25) is 4.79 Å².